The van der Waals surface area contributed by atoms with Gasteiger partial charge in [0.2, 0.25) is 11.8 Å². The lowest BCUT2D eigenvalue weighted by atomic mass is 9.85. The smallest absolute Gasteiger partial charge is 0.247 e. The van der Waals surface area contributed by atoms with Crippen LogP contribution in [0, 0.1) is 5.92 Å². The zero-order valence-electron chi connectivity index (χ0n) is 14.0. The molecule has 1 aliphatic carbocycles. The molecule has 1 N–H and O–H groups in total. The maximum atomic E-state index is 12.6. The molecule has 0 bridgehead atoms. The molecule has 2 aliphatic heterocycles. The van der Waals surface area contributed by atoms with Crippen LogP contribution < -0.4 is 10.2 Å². The minimum atomic E-state index is -0.492. The Balaban J connectivity index is 1.49. The van der Waals surface area contributed by atoms with E-state index in [1.165, 1.54) is 12.8 Å². The first-order valence-electron chi connectivity index (χ1n) is 9.10. The maximum Gasteiger partial charge on any atom is 0.247 e. The van der Waals surface area contributed by atoms with Gasteiger partial charge in [0.25, 0.3) is 0 Å². The molecule has 1 aromatic rings. The van der Waals surface area contributed by atoms with E-state index in [1.54, 1.807) is 0 Å². The number of nitrogens with one attached hydrogen (secondary N) is 1. The second kappa shape index (κ2) is 6.11. The Bertz CT molecular complexity index is 617. The van der Waals surface area contributed by atoms with Gasteiger partial charge >= 0.3 is 0 Å². The summed E-state index contributed by atoms with van der Waals surface area (Å²) in [7, 11) is 0. The van der Waals surface area contributed by atoms with Crippen LogP contribution in [0.1, 0.15) is 38.5 Å². The van der Waals surface area contributed by atoms with E-state index in [2.05, 4.69) is 22.3 Å². The molecule has 1 spiro atoms. The van der Waals surface area contributed by atoms with Gasteiger partial charge in [0.1, 0.15) is 5.54 Å². The van der Waals surface area contributed by atoms with Crippen molar-refractivity contribution in [3.8, 4) is 0 Å². The van der Waals surface area contributed by atoms with Gasteiger partial charge in [-0.3, -0.25) is 9.59 Å². The monoisotopic (exact) mass is 327 g/mol. The Morgan fingerprint density at radius 3 is 2.42 bits per heavy atom. The predicted molar refractivity (Wildman–Crippen MR) is 92.4 cm³/mol. The second-order valence-corrected chi connectivity index (χ2v) is 7.27. The van der Waals surface area contributed by atoms with Gasteiger partial charge in [-0.1, -0.05) is 31.0 Å². The van der Waals surface area contributed by atoms with E-state index in [0.29, 0.717) is 38.5 Å². The fraction of sp³-hybridized carbons (Fsp3) is 0.579. The summed E-state index contributed by atoms with van der Waals surface area (Å²) >= 11 is 0. The molecule has 5 nitrogen and oxygen atoms in total. The van der Waals surface area contributed by atoms with Gasteiger partial charge < -0.3 is 15.1 Å². The van der Waals surface area contributed by atoms with Crippen molar-refractivity contribution >= 4 is 17.5 Å². The van der Waals surface area contributed by atoms with Gasteiger partial charge in [-0.05, 0) is 37.8 Å². The highest BCUT2D eigenvalue weighted by Crippen LogP contribution is 2.37. The van der Waals surface area contributed by atoms with Gasteiger partial charge in [0, 0.05) is 24.7 Å². The first-order valence-corrected chi connectivity index (χ1v) is 9.10. The third-order valence-corrected chi connectivity index (χ3v) is 6.01. The Kier molecular flexibility index (Phi) is 3.94. The van der Waals surface area contributed by atoms with Gasteiger partial charge in [0.05, 0.1) is 6.67 Å². The fourth-order valence-corrected chi connectivity index (χ4v) is 4.56. The zero-order chi connectivity index (χ0) is 16.6. The van der Waals surface area contributed by atoms with Crippen LogP contribution >= 0.6 is 0 Å². The minimum Gasteiger partial charge on any atom is -0.342 e. The maximum absolute atomic E-state index is 12.6. The lowest BCUT2D eigenvalue weighted by Crippen LogP contribution is -2.57. The zero-order valence-corrected chi connectivity index (χ0v) is 14.0. The predicted octanol–water partition coefficient (Wildman–Crippen LogP) is 2.13. The molecule has 24 heavy (non-hydrogen) atoms. The van der Waals surface area contributed by atoms with Gasteiger partial charge in [-0.25, -0.2) is 0 Å². The molecule has 1 aromatic carbocycles. The highest BCUT2D eigenvalue weighted by atomic mass is 16.2. The van der Waals surface area contributed by atoms with Crippen LogP contribution in [0.15, 0.2) is 30.3 Å². The van der Waals surface area contributed by atoms with Crippen molar-refractivity contribution in [3.63, 3.8) is 0 Å². The van der Waals surface area contributed by atoms with Crippen molar-refractivity contribution in [1.29, 1.82) is 0 Å². The number of hydrogen-bond acceptors (Lipinski definition) is 3. The summed E-state index contributed by atoms with van der Waals surface area (Å²) in [5.41, 5.74) is 0.583. The first kappa shape index (κ1) is 15.5. The first-order chi connectivity index (χ1) is 11.7. The van der Waals surface area contributed by atoms with E-state index in [0.717, 1.165) is 18.5 Å². The van der Waals surface area contributed by atoms with Crippen LogP contribution in [-0.4, -0.2) is 42.0 Å². The fourth-order valence-electron chi connectivity index (χ4n) is 4.56. The number of para-hydroxylation sites is 1. The second-order valence-electron chi connectivity index (χ2n) is 7.27. The summed E-state index contributed by atoms with van der Waals surface area (Å²) in [6.45, 7) is 1.93. The molecule has 5 heteroatoms. The van der Waals surface area contributed by atoms with E-state index in [9.17, 15) is 9.59 Å². The van der Waals surface area contributed by atoms with Crippen LogP contribution in [0.5, 0.6) is 0 Å². The van der Waals surface area contributed by atoms with Crippen molar-refractivity contribution in [1.82, 2.24) is 10.2 Å². The quantitative estimate of drug-likeness (QED) is 0.905. The molecular formula is C19H25N3O2. The molecule has 4 rings (SSSR count). The Hall–Kier alpha value is -2.04. The highest BCUT2D eigenvalue weighted by Gasteiger charge is 2.51. The average molecular weight is 327 g/mol. The normalized spacial score (nSPS) is 23.8. The molecule has 0 atom stereocenters. The summed E-state index contributed by atoms with van der Waals surface area (Å²) in [6, 6.07) is 10.1. The molecule has 2 saturated heterocycles. The molecule has 0 radical (unpaired) electrons. The average Bonchev–Trinajstić information content (AvgIpc) is 3.26. The lowest BCUT2D eigenvalue weighted by molar-refractivity contribution is -0.138. The van der Waals surface area contributed by atoms with Crippen molar-refractivity contribution in [2.75, 3.05) is 24.7 Å². The van der Waals surface area contributed by atoms with Crippen LogP contribution in [0.4, 0.5) is 5.69 Å². The summed E-state index contributed by atoms with van der Waals surface area (Å²) in [5.74, 6) is 0.646. The molecule has 2 amide bonds. The molecule has 3 aliphatic rings. The number of likely N-dealkylation sites (tertiary alicyclic amines) is 1. The Morgan fingerprint density at radius 2 is 1.75 bits per heavy atom. The van der Waals surface area contributed by atoms with E-state index in [4.69, 9.17) is 0 Å². The topological polar surface area (TPSA) is 52.7 Å². The molecule has 128 valence electrons. The molecule has 2 heterocycles. The highest BCUT2D eigenvalue weighted by molar-refractivity contribution is 5.93. The number of carbonyl (C=O) groups is 2. The molecule has 0 aromatic heterocycles. The number of anilines is 1. The van der Waals surface area contributed by atoms with Crippen LogP contribution in [0.2, 0.25) is 0 Å². The van der Waals surface area contributed by atoms with Gasteiger partial charge in [-0.2, -0.15) is 0 Å². The lowest BCUT2D eigenvalue weighted by Gasteiger charge is -2.43. The number of benzene rings is 1. The van der Waals surface area contributed by atoms with E-state index < -0.39 is 5.54 Å². The van der Waals surface area contributed by atoms with Crippen LogP contribution in [0.25, 0.3) is 0 Å². The summed E-state index contributed by atoms with van der Waals surface area (Å²) in [6.07, 6.45) is 5.86. The molecule has 3 fully saturated rings. The third kappa shape index (κ3) is 2.46. The number of carbonyl (C=O) groups excluding carboxylic acids is 2. The van der Waals surface area contributed by atoms with E-state index in [-0.39, 0.29) is 11.8 Å². The molecule has 1 saturated carbocycles. The standard InChI is InChI=1S/C19H25N3O2/c23-17(15-6-4-5-7-15)21-12-10-19(11-13-21)18(24)20-14-22(19)16-8-2-1-3-9-16/h1-3,8-9,15H,4-7,10-14H2,(H,20,24). The number of amides is 2. The number of nitrogens with zero attached hydrogens (tertiary/aromatic N) is 2. The molecular weight excluding hydrogens is 302 g/mol. The van der Waals surface area contributed by atoms with Crippen molar-refractivity contribution in [3.05, 3.63) is 30.3 Å². The number of piperidine rings is 1. The SMILES string of the molecule is O=C(C1CCCC1)N1CCC2(CC1)C(=O)NCN2c1ccccc1. The van der Waals surface area contributed by atoms with Crippen LogP contribution in [-0.2, 0) is 9.59 Å². The molecule has 0 unspecified atom stereocenters. The summed E-state index contributed by atoms with van der Waals surface area (Å²) < 4.78 is 0. The summed E-state index contributed by atoms with van der Waals surface area (Å²) in [4.78, 5) is 29.4. The Labute approximate surface area is 143 Å². The number of rotatable bonds is 2. The van der Waals surface area contributed by atoms with Crippen molar-refractivity contribution in [2.24, 2.45) is 5.92 Å². The largest absolute Gasteiger partial charge is 0.342 e. The van der Waals surface area contributed by atoms with E-state index >= 15 is 0 Å². The summed E-state index contributed by atoms with van der Waals surface area (Å²) in [5, 5.41) is 3.01. The number of hydrogen-bond donors (Lipinski definition) is 1. The Morgan fingerprint density at radius 1 is 1.08 bits per heavy atom. The van der Waals surface area contributed by atoms with Crippen molar-refractivity contribution in [2.45, 2.75) is 44.1 Å². The van der Waals surface area contributed by atoms with Crippen molar-refractivity contribution < 1.29 is 9.59 Å². The van der Waals surface area contributed by atoms with E-state index in [1.807, 2.05) is 23.1 Å². The third-order valence-electron chi connectivity index (χ3n) is 6.01. The van der Waals surface area contributed by atoms with Crippen LogP contribution in [0.3, 0.4) is 0 Å². The van der Waals surface area contributed by atoms with Gasteiger partial charge in [0.15, 0.2) is 0 Å². The minimum absolute atomic E-state index is 0.110. The van der Waals surface area contributed by atoms with Gasteiger partial charge in [-0.15, -0.1) is 0 Å².